The molecule has 0 spiro atoms. The fourth-order valence-electron chi connectivity index (χ4n) is 2.73. The first-order valence-corrected chi connectivity index (χ1v) is 7.35. The van der Waals surface area contributed by atoms with Crippen LogP contribution in [-0.4, -0.2) is 37.0 Å². The molecule has 0 aliphatic heterocycles. The Morgan fingerprint density at radius 1 is 1.16 bits per heavy atom. The van der Waals surface area contributed by atoms with E-state index in [0.29, 0.717) is 0 Å². The summed E-state index contributed by atoms with van der Waals surface area (Å²) in [7, 11) is 0. The summed E-state index contributed by atoms with van der Waals surface area (Å²) in [6.45, 7) is 5.89. The van der Waals surface area contributed by atoms with Crippen molar-refractivity contribution in [3.63, 3.8) is 0 Å². The Kier molecular flexibility index (Phi) is 5.86. The quantitative estimate of drug-likeness (QED) is 0.402. The standard InChI is InChI=1S/C15H18F6O4/c1-5-7(8-9(13(8,3)4)11(23)24-6-2)10(22)25-14(18,12(16)17)15(19,20)21/h5,8-9,12H,6H2,1-4H3/b7-5+. The Labute approximate surface area is 140 Å². The van der Waals surface area contributed by atoms with Gasteiger partial charge in [0.05, 0.1) is 12.5 Å². The molecule has 3 atom stereocenters. The lowest BCUT2D eigenvalue weighted by atomic mass is 10.0. The summed E-state index contributed by atoms with van der Waals surface area (Å²) in [4.78, 5) is 23.8. The summed E-state index contributed by atoms with van der Waals surface area (Å²) >= 11 is 0. The van der Waals surface area contributed by atoms with Crippen molar-refractivity contribution in [3.05, 3.63) is 11.6 Å². The van der Waals surface area contributed by atoms with Crippen LogP contribution in [0.2, 0.25) is 0 Å². The Hall–Kier alpha value is -1.74. The van der Waals surface area contributed by atoms with Gasteiger partial charge in [0.1, 0.15) is 0 Å². The Morgan fingerprint density at radius 3 is 2.04 bits per heavy atom. The second-order valence-corrected chi connectivity index (χ2v) is 6.11. The number of hydrogen-bond donors (Lipinski definition) is 0. The first kappa shape index (κ1) is 21.3. The van der Waals surface area contributed by atoms with Gasteiger partial charge in [-0.3, -0.25) is 4.79 Å². The molecule has 0 N–H and O–H groups in total. The van der Waals surface area contributed by atoms with Gasteiger partial charge in [-0.2, -0.15) is 17.6 Å². The third-order valence-electron chi connectivity index (χ3n) is 4.16. The Bertz CT molecular complexity index is 569. The van der Waals surface area contributed by atoms with E-state index in [4.69, 9.17) is 4.74 Å². The van der Waals surface area contributed by atoms with Gasteiger partial charge in [-0.1, -0.05) is 19.9 Å². The molecule has 1 aliphatic carbocycles. The largest absolute Gasteiger partial charge is 0.466 e. The van der Waals surface area contributed by atoms with Crippen LogP contribution in [0.5, 0.6) is 0 Å². The first-order chi connectivity index (χ1) is 11.3. The van der Waals surface area contributed by atoms with E-state index in [1.807, 2.05) is 0 Å². The van der Waals surface area contributed by atoms with Crippen LogP contribution in [0, 0.1) is 17.3 Å². The maximum absolute atomic E-state index is 13.6. The molecule has 10 heteroatoms. The van der Waals surface area contributed by atoms with Crippen LogP contribution >= 0.6 is 0 Å². The molecule has 4 nitrogen and oxygen atoms in total. The number of alkyl halides is 6. The van der Waals surface area contributed by atoms with Crippen molar-refractivity contribution in [3.8, 4) is 0 Å². The third-order valence-corrected chi connectivity index (χ3v) is 4.16. The van der Waals surface area contributed by atoms with E-state index >= 15 is 0 Å². The summed E-state index contributed by atoms with van der Waals surface area (Å²) in [5.74, 6) is -9.83. The van der Waals surface area contributed by atoms with E-state index in [1.54, 1.807) is 0 Å². The topological polar surface area (TPSA) is 52.6 Å². The van der Waals surface area contributed by atoms with Crippen molar-refractivity contribution in [2.24, 2.45) is 17.3 Å². The molecule has 0 aromatic heterocycles. The van der Waals surface area contributed by atoms with Crippen molar-refractivity contribution in [2.45, 2.75) is 46.2 Å². The minimum atomic E-state index is -6.12. The predicted octanol–water partition coefficient (Wildman–Crippen LogP) is 3.80. The minimum Gasteiger partial charge on any atom is -0.466 e. The number of hydrogen-bond acceptors (Lipinski definition) is 4. The molecule has 0 radical (unpaired) electrons. The molecule has 1 fully saturated rings. The summed E-state index contributed by atoms with van der Waals surface area (Å²) < 4.78 is 84.5. The van der Waals surface area contributed by atoms with Gasteiger partial charge in [-0.05, 0) is 19.3 Å². The monoisotopic (exact) mass is 376 g/mol. The van der Waals surface area contributed by atoms with E-state index < -0.39 is 53.2 Å². The number of esters is 2. The van der Waals surface area contributed by atoms with E-state index in [2.05, 4.69) is 4.74 Å². The molecular formula is C15H18F6O4. The van der Waals surface area contributed by atoms with Gasteiger partial charge in [0.15, 0.2) is 0 Å². The molecule has 0 aromatic rings. The molecule has 25 heavy (non-hydrogen) atoms. The van der Waals surface area contributed by atoms with Crippen LogP contribution < -0.4 is 0 Å². The second kappa shape index (κ2) is 6.87. The van der Waals surface area contributed by atoms with Crippen LogP contribution in [0.3, 0.4) is 0 Å². The number of halogens is 6. The van der Waals surface area contributed by atoms with Gasteiger partial charge >= 0.3 is 30.4 Å². The zero-order chi connectivity index (χ0) is 19.8. The highest BCUT2D eigenvalue weighted by molar-refractivity contribution is 5.93. The number of carbonyl (C=O) groups excluding carboxylic acids is 2. The van der Waals surface area contributed by atoms with Crippen LogP contribution in [0.15, 0.2) is 11.6 Å². The zero-order valence-electron chi connectivity index (χ0n) is 13.9. The smallest absolute Gasteiger partial charge is 0.466 e. The third kappa shape index (κ3) is 3.77. The minimum absolute atomic E-state index is 0.0425. The van der Waals surface area contributed by atoms with Gasteiger partial charge in [-0.15, -0.1) is 0 Å². The van der Waals surface area contributed by atoms with Crippen molar-refractivity contribution in [2.75, 3.05) is 6.61 Å². The summed E-state index contributed by atoms with van der Waals surface area (Å²) in [5.41, 5.74) is -1.37. The van der Waals surface area contributed by atoms with Crippen LogP contribution in [0.4, 0.5) is 26.3 Å². The van der Waals surface area contributed by atoms with Gasteiger partial charge < -0.3 is 9.47 Å². The van der Waals surface area contributed by atoms with Gasteiger partial charge in [-0.25, -0.2) is 13.6 Å². The zero-order valence-corrected chi connectivity index (χ0v) is 13.9. The Balaban J connectivity index is 3.06. The molecule has 1 aliphatic rings. The molecule has 0 amide bonds. The average Bonchev–Trinajstić information content (AvgIpc) is 3.00. The number of rotatable bonds is 6. The van der Waals surface area contributed by atoms with Crippen molar-refractivity contribution >= 4 is 11.9 Å². The maximum Gasteiger partial charge on any atom is 0.466 e. The van der Waals surface area contributed by atoms with Gasteiger partial charge in [0.2, 0.25) is 0 Å². The lowest BCUT2D eigenvalue weighted by Crippen LogP contribution is -2.51. The van der Waals surface area contributed by atoms with E-state index in [1.165, 1.54) is 27.7 Å². The normalized spacial score (nSPS) is 25.3. The molecule has 1 saturated carbocycles. The maximum atomic E-state index is 13.6. The second-order valence-electron chi connectivity index (χ2n) is 6.11. The molecular weight excluding hydrogens is 358 g/mol. The number of allylic oxidation sites excluding steroid dienone is 1. The molecule has 0 saturated heterocycles. The number of ether oxygens (including phenoxy) is 2. The lowest BCUT2D eigenvalue weighted by Gasteiger charge is -2.27. The van der Waals surface area contributed by atoms with Crippen molar-refractivity contribution in [1.82, 2.24) is 0 Å². The van der Waals surface area contributed by atoms with Crippen LogP contribution in [0.25, 0.3) is 0 Å². The summed E-state index contributed by atoms with van der Waals surface area (Å²) in [5, 5.41) is 0. The van der Waals surface area contributed by atoms with Crippen molar-refractivity contribution in [1.29, 1.82) is 0 Å². The highest BCUT2D eigenvalue weighted by Crippen LogP contribution is 2.62. The molecule has 0 heterocycles. The van der Waals surface area contributed by atoms with Gasteiger partial charge in [0, 0.05) is 11.5 Å². The van der Waals surface area contributed by atoms with E-state index in [-0.39, 0.29) is 6.61 Å². The molecule has 3 unspecified atom stereocenters. The summed E-state index contributed by atoms with van der Waals surface area (Å²) in [6, 6.07) is 0. The summed E-state index contributed by atoms with van der Waals surface area (Å²) in [6.07, 6.45) is -9.73. The van der Waals surface area contributed by atoms with E-state index in [0.717, 1.165) is 6.08 Å². The lowest BCUT2D eigenvalue weighted by molar-refractivity contribution is -0.354. The highest BCUT2D eigenvalue weighted by atomic mass is 19.4. The Morgan fingerprint density at radius 2 is 1.68 bits per heavy atom. The number of carbonyl (C=O) groups is 2. The van der Waals surface area contributed by atoms with Gasteiger partial charge in [0.25, 0.3) is 0 Å². The van der Waals surface area contributed by atoms with E-state index in [9.17, 15) is 35.9 Å². The van der Waals surface area contributed by atoms with Crippen molar-refractivity contribution < 1.29 is 45.4 Å². The first-order valence-electron chi connectivity index (χ1n) is 7.35. The molecule has 0 aromatic carbocycles. The molecule has 144 valence electrons. The predicted molar refractivity (Wildman–Crippen MR) is 73.1 cm³/mol. The fraction of sp³-hybridized carbons (Fsp3) is 0.733. The molecule has 0 bridgehead atoms. The SMILES string of the molecule is C/C=C(/C(=O)OC(F)(C(F)F)C(F)(F)F)C1C(C(=O)OCC)C1(C)C. The van der Waals surface area contributed by atoms with Crippen LogP contribution in [0.1, 0.15) is 27.7 Å². The van der Waals surface area contributed by atoms with Crippen LogP contribution in [-0.2, 0) is 19.1 Å². The average molecular weight is 376 g/mol. The molecule has 1 rings (SSSR count). The fourth-order valence-corrected chi connectivity index (χ4v) is 2.73. The highest BCUT2D eigenvalue weighted by Gasteiger charge is 2.69.